The summed E-state index contributed by atoms with van der Waals surface area (Å²) in [4.78, 5) is 38.8. The van der Waals surface area contributed by atoms with Crippen LogP contribution in [0.3, 0.4) is 0 Å². The SMILES string of the molecule is C[C@@H](O)c1cc2cnc(Nc3ccc4c(n3)CCN(C(=O)C3COCCN3CCO)C4)nc2c(N2C3CCC2CC3)n1. The van der Waals surface area contributed by atoms with Crippen LogP contribution in [-0.2, 0) is 22.5 Å². The first-order valence-electron chi connectivity index (χ1n) is 15.1. The van der Waals surface area contributed by atoms with Gasteiger partial charge >= 0.3 is 0 Å². The Morgan fingerprint density at radius 2 is 1.95 bits per heavy atom. The molecular formula is C30H38N8O4. The van der Waals surface area contributed by atoms with Crippen molar-refractivity contribution in [1.82, 2.24) is 29.7 Å². The number of aromatic nitrogens is 4. The molecule has 0 radical (unpaired) electrons. The lowest BCUT2D eigenvalue weighted by Gasteiger charge is -2.38. The van der Waals surface area contributed by atoms with Crippen LogP contribution in [0.5, 0.6) is 0 Å². The molecule has 4 aliphatic rings. The number of hydrogen-bond donors (Lipinski definition) is 3. The Morgan fingerprint density at radius 1 is 1.14 bits per heavy atom. The first-order valence-corrected chi connectivity index (χ1v) is 15.1. The van der Waals surface area contributed by atoms with Crippen LogP contribution in [0.1, 0.15) is 55.7 Å². The number of morpholine rings is 1. The lowest BCUT2D eigenvalue weighted by molar-refractivity contribution is -0.144. The maximum absolute atomic E-state index is 13.3. The number of nitrogens with one attached hydrogen (secondary N) is 1. The number of rotatable bonds is 7. The average Bonchev–Trinajstić information content (AvgIpc) is 3.61. The molecule has 1 amide bonds. The third-order valence-electron chi connectivity index (χ3n) is 9.20. The molecule has 7 heterocycles. The van der Waals surface area contributed by atoms with E-state index in [1.807, 2.05) is 28.0 Å². The molecule has 12 heteroatoms. The second-order valence-corrected chi connectivity index (χ2v) is 11.8. The van der Waals surface area contributed by atoms with Crippen LogP contribution in [0.25, 0.3) is 10.9 Å². The second kappa shape index (κ2) is 11.3. The van der Waals surface area contributed by atoms with Crippen molar-refractivity contribution in [1.29, 1.82) is 0 Å². The van der Waals surface area contributed by atoms with Crippen molar-refractivity contribution in [3.63, 3.8) is 0 Å². The molecule has 2 bridgehead atoms. The van der Waals surface area contributed by atoms with Crippen LogP contribution < -0.4 is 10.2 Å². The minimum atomic E-state index is -0.674. The molecule has 3 N–H and O–H groups in total. The van der Waals surface area contributed by atoms with Gasteiger partial charge in [0.25, 0.3) is 0 Å². The second-order valence-electron chi connectivity index (χ2n) is 11.8. The molecule has 0 saturated carbocycles. The monoisotopic (exact) mass is 574 g/mol. The van der Waals surface area contributed by atoms with E-state index in [4.69, 9.17) is 19.7 Å². The highest BCUT2D eigenvalue weighted by Gasteiger charge is 2.41. The topological polar surface area (TPSA) is 140 Å². The highest BCUT2D eigenvalue weighted by Crippen LogP contribution is 2.42. The molecule has 0 aliphatic carbocycles. The highest BCUT2D eigenvalue weighted by atomic mass is 16.5. The molecular weight excluding hydrogens is 536 g/mol. The fourth-order valence-electron chi connectivity index (χ4n) is 7.02. The number of carbonyl (C=O) groups is 1. The number of hydrogen-bond acceptors (Lipinski definition) is 11. The lowest BCUT2D eigenvalue weighted by Crippen LogP contribution is -2.56. The summed E-state index contributed by atoms with van der Waals surface area (Å²) in [5, 5.41) is 23.9. The van der Waals surface area contributed by atoms with E-state index >= 15 is 0 Å². The number of fused-ring (bicyclic) bond motifs is 4. The number of ether oxygens (including phenoxy) is 1. The van der Waals surface area contributed by atoms with Crippen molar-refractivity contribution in [2.75, 3.05) is 49.7 Å². The Hall–Kier alpha value is -3.45. The smallest absolute Gasteiger partial charge is 0.242 e. The fraction of sp³-hybridized carbons (Fsp3) is 0.567. The quantitative estimate of drug-likeness (QED) is 0.381. The predicted octanol–water partition coefficient (Wildman–Crippen LogP) is 1.93. The molecule has 12 nitrogen and oxygen atoms in total. The van der Waals surface area contributed by atoms with Gasteiger partial charge in [0.1, 0.15) is 17.4 Å². The summed E-state index contributed by atoms with van der Waals surface area (Å²) in [7, 11) is 0. The van der Waals surface area contributed by atoms with Gasteiger partial charge < -0.3 is 30.1 Å². The summed E-state index contributed by atoms with van der Waals surface area (Å²) in [5.41, 5.74) is 3.39. The molecule has 7 rings (SSSR count). The molecule has 42 heavy (non-hydrogen) atoms. The van der Waals surface area contributed by atoms with E-state index < -0.39 is 6.10 Å². The minimum absolute atomic E-state index is 0.0211. The van der Waals surface area contributed by atoms with E-state index in [1.165, 1.54) is 25.7 Å². The molecule has 0 aromatic carbocycles. The molecule has 0 spiro atoms. The number of carbonyl (C=O) groups excluding carboxylic acids is 1. The summed E-state index contributed by atoms with van der Waals surface area (Å²) >= 11 is 0. The number of amides is 1. The van der Waals surface area contributed by atoms with Gasteiger partial charge in [-0.1, -0.05) is 6.07 Å². The molecule has 1 unspecified atom stereocenters. The molecule has 3 saturated heterocycles. The average molecular weight is 575 g/mol. The zero-order valence-corrected chi connectivity index (χ0v) is 23.9. The third kappa shape index (κ3) is 5.06. The molecule has 2 atom stereocenters. The summed E-state index contributed by atoms with van der Waals surface area (Å²) in [6.45, 7) is 4.88. The largest absolute Gasteiger partial charge is 0.395 e. The van der Waals surface area contributed by atoms with Gasteiger partial charge in [-0.2, -0.15) is 0 Å². The van der Waals surface area contributed by atoms with E-state index in [-0.39, 0.29) is 18.6 Å². The van der Waals surface area contributed by atoms with Crippen LogP contribution in [0.4, 0.5) is 17.6 Å². The van der Waals surface area contributed by atoms with Gasteiger partial charge in [-0.3, -0.25) is 9.69 Å². The summed E-state index contributed by atoms with van der Waals surface area (Å²) in [6.07, 6.45) is 6.43. The summed E-state index contributed by atoms with van der Waals surface area (Å²) < 4.78 is 5.58. The zero-order chi connectivity index (χ0) is 28.8. The Balaban J connectivity index is 1.10. The Kier molecular flexibility index (Phi) is 7.39. The van der Waals surface area contributed by atoms with Crippen molar-refractivity contribution in [2.24, 2.45) is 0 Å². The van der Waals surface area contributed by atoms with Crippen LogP contribution in [0, 0.1) is 0 Å². The number of aliphatic hydroxyl groups excluding tert-OH is 2. The van der Waals surface area contributed by atoms with Crippen LogP contribution in [-0.4, -0.2) is 103 Å². The fourth-order valence-corrected chi connectivity index (χ4v) is 7.02. The highest BCUT2D eigenvalue weighted by molar-refractivity contribution is 5.90. The van der Waals surface area contributed by atoms with Gasteiger partial charge in [-0.25, -0.2) is 19.9 Å². The first kappa shape index (κ1) is 27.4. The van der Waals surface area contributed by atoms with E-state index in [9.17, 15) is 15.0 Å². The van der Waals surface area contributed by atoms with Crippen molar-refractivity contribution in [2.45, 2.75) is 69.8 Å². The van der Waals surface area contributed by atoms with Crippen molar-refractivity contribution >= 4 is 34.4 Å². The van der Waals surface area contributed by atoms with E-state index in [1.54, 1.807) is 13.1 Å². The number of anilines is 3. The van der Waals surface area contributed by atoms with Gasteiger partial charge in [-0.05, 0) is 50.3 Å². The number of aliphatic hydroxyl groups is 2. The maximum Gasteiger partial charge on any atom is 0.242 e. The Bertz CT molecular complexity index is 1460. The van der Waals surface area contributed by atoms with Crippen LogP contribution >= 0.6 is 0 Å². The molecule has 222 valence electrons. The molecule has 3 aromatic heterocycles. The van der Waals surface area contributed by atoms with Crippen molar-refractivity contribution in [3.8, 4) is 0 Å². The molecule has 4 aliphatic heterocycles. The number of pyridine rings is 2. The summed E-state index contributed by atoms with van der Waals surface area (Å²) in [5.74, 6) is 1.97. The van der Waals surface area contributed by atoms with Gasteiger partial charge in [0, 0.05) is 62.0 Å². The van der Waals surface area contributed by atoms with Gasteiger partial charge in [-0.15, -0.1) is 0 Å². The minimum Gasteiger partial charge on any atom is -0.395 e. The van der Waals surface area contributed by atoms with E-state index in [0.29, 0.717) is 75.4 Å². The summed E-state index contributed by atoms with van der Waals surface area (Å²) in [6, 6.07) is 6.36. The maximum atomic E-state index is 13.3. The van der Waals surface area contributed by atoms with E-state index in [2.05, 4.69) is 15.2 Å². The number of β-amino-alcohol motifs (C(OH)–C–C–N with tert-alkyl or cyclic N) is 1. The van der Waals surface area contributed by atoms with Crippen molar-refractivity contribution < 1.29 is 19.7 Å². The van der Waals surface area contributed by atoms with E-state index in [0.717, 1.165) is 28.0 Å². The normalized spacial score (nSPS) is 24.7. The standard InChI is InChI=1S/C30H38N8O4/c1-18(40)24-14-20-15-31-30(35-27(20)28(33-24)38-21-3-4-22(38)6-5-21)34-26-7-2-19-16-37(9-8-23(19)32-26)29(41)25-17-42-13-11-36(25)10-12-39/h2,7,14-15,18,21-22,25,39-40H,3-6,8-13,16-17H2,1H3,(H,31,32,34,35)/t18-,21?,22?,25?/m1/s1. The van der Waals surface area contributed by atoms with Gasteiger partial charge in [0.15, 0.2) is 5.82 Å². The van der Waals surface area contributed by atoms with Gasteiger partial charge in [0.05, 0.1) is 31.6 Å². The Morgan fingerprint density at radius 3 is 2.71 bits per heavy atom. The lowest BCUT2D eigenvalue weighted by atomic mass is 10.0. The molecule has 3 fully saturated rings. The first-order chi connectivity index (χ1) is 20.5. The zero-order valence-electron chi connectivity index (χ0n) is 23.9. The van der Waals surface area contributed by atoms with Crippen molar-refractivity contribution in [3.05, 3.63) is 41.3 Å². The van der Waals surface area contributed by atoms with Crippen LogP contribution in [0.2, 0.25) is 0 Å². The van der Waals surface area contributed by atoms with Crippen LogP contribution in [0.15, 0.2) is 24.4 Å². The Labute approximate surface area is 244 Å². The number of nitrogens with zero attached hydrogens (tertiary/aromatic N) is 7. The molecule has 3 aromatic rings. The van der Waals surface area contributed by atoms with Gasteiger partial charge in [0.2, 0.25) is 11.9 Å². The predicted molar refractivity (Wildman–Crippen MR) is 156 cm³/mol. The third-order valence-corrected chi connectivity index (χ3v) is 9.20.